The lowest BCUT2D eigenvalue weighted by Gasteiger charge is -2.33. The third-order valence-corrected chi connectivity index (χ3v) is 12.7. The SMILES string of the molecule is Cc1cc(N(c2ccc(C(C)C)cc2)c2ccc(C3CCCCC3)cc2)c2ccccc2c1N(c1ccc(C(C)C)cc1)c1ccc(C2CCCCC2)cc1. The minimum atomic E-state index is 0.483. The Morgan fingerprint density at radius 3 is 1.24 bits per heavy atom. The van der Waals surface area contributed by atoms with Gasteiger partial charge in [0.1, 0.15) is 0 Å². The van der Waals surface area contributed by atoms with Gasteiger partial charge in [-0.1, -0.05) is 139 Å². The largest absolute Gasteiger partial charge is 0.310 e. The van der Waals surface area contributed by atoms with Gasteiger partial charge in [0.25, 0.3) is 0 Å². The molecule has 0 heterocycles. The van der Waals surface area contributed by atoms with E-state index in [-0.39, 0.29) is 0 Å². The zero-order valence-corrected chi connectivity index (χ0v) is 33.9. The number of hydrogen-bond donors (Lipinski definition) is 0. The van der Waals surface area contributed by atoms with Crippen LogP contribution in [0.5, 0.6) is 0 Å². The summed E-state index contributed by atoms with van der Waals surface area (Å²) in [5.74, 6) is 2.33. The normalized spacial score (nSPS) is 15.5. The van der Waals surface area contributed by atoms with Crippen LogP contribution >= 0.6 is 0 Å². The predicted molar refractivity (Wildman–Crippen MR) is 238 cm³/mol. The van der Waals surface area contributed by atoms with Crippen molar-refractivity contribution in [3.63, 3.8) is 0 Å². The molecule has 2 heteroatoms. The van der Waals surface area contributed by atoms with Gasteiger partial charge in [-0.15, -0.1) is 0 Å². The minimum absolute atomic E-state index is 0.483. The Balaban J connectivity index is 1.28. The molecule has 0 unspecified atom stereocenters. The maximum Gasteiger partial charge on any atom is 0.0570 e. The van der Waals surface area contributed by atoms with Crippen LogP contribution in [0.2, 0.25) is 0 Å². The van der Waals surface area contributed by atoms with Gasteiger partial charge in [0.2, 0.25) is 0 Å². The van der Waals surface area contributed by atoms with Crippen molar-refractivity contribution in [2.24, 2.45) is 0 Å². The highest BCUT2D eigenvalue weighted by molar-refractivity contribution is 6.08. The molecule has 0 N–H and O–H groups in total. The molecule has 2 fully saturated rings. The van der Waals surface area contributed by atoms with E-state index >= 15 is 0 Å². The molecule has 0 aliphatic heterocycles. The van der Waals surface area contributed by atoms with Crippen molar-refractivity contribution >= 4 is 44.9 Å². The first kappa shape index (κ1) is 37.1. The van der Waals surface area contributed by atoms with Crippen molar-refractivity contribution in [1.82, 2.24) is 0 Å². The maximum atomic E-state index is 2.51. The molecule has 0 aromatic heterocycles. The van der Waals surface area contributed by atoms with Gasteiger partial charge >= 0.3 is 0 Å². The van der Waals surface area contributed by atoms with Gasteiger partial charge in [0, 0.05) is 33.5 Å². The molecule has 0 radical (unpaired) electrons. The first-order valence-electron chi connectivity index (χ1n) is 21.4. The number of rotatable bonds is 10. The summed E-state index contributed by atoms with van der Waals surface area (Å²) in [4.78, 5) is 5.01. The standard InChI is InChI=1S/C53H60N2/c1-37(2)40-20-28-46(29-21-40)54(47-32-24-44(25-33-47)42-14-8-6-9-15-42)52-36-39(5)53(51-19-13-12-18-50(51)52)55(48-30-22-41(23-31-48)38(3)4)49-34-26-45(27-35-49)43-16-10-7-11-17-43/h12-13,18-38,42-43H,6-11,14-17H2,1-5H3. The van der Waals surface area contributed by atoms with Gasteiger partial charge in [0.05, 0.1) is 11.4 Å². The Morgan fingerprint density at radius 2 is 0.818 bits per heavy atom. The van der Waals surface area contributed by atoms with E-state index in [4.69, 9.17) is 0 Å². The van der Waals surface area contributed by atoms with Crippen molar-refractivity contribution in [2.75, 3.05) is 9.80 Å². The van der Waals surface area contributed by atoms with Gasteiger partial charge in [-0.2, -0.15) is 0 Å². The van der Waals surface area contributed by atoms with Crippen molar-refractivity contribution < 1.29 is 0 Å². The first-order chi connectivity index (χ1) is 26.9. The zero-order valence-electron chi connectivity index (χ0n) is 33.9. The Bertz CT molecular complexity index is 2160. The summed E-state index contributed by atoms with van der Waals surface area (Å²) >= 11 is 0. The summed E-state index contributed by atoms with van der Waals surface area (Å²) in [6.45, 7) is 11.4. The van der Waals surface area contributed by atoms with Crippen LogP contribution in [0.4, 0.5) is 34.1 Å². The Labute approximate surface area is 331 Å². The fourth-order valence-electron chi connectivity index (χ4n) is 9.47. The highest BCUT2D eigenvalue weighted by Gasteiger charge is 2.25. The quantitative estimate of drug-likeness (QED) is 0.139. The summed E-state index contributed by atoms with van der Waals surface area (Å²) < 4.78 is 0. The minimum Gasteiger partial charge on any atom is -0.310 e. The van der Waals surface area contributed by atoms with Gasteiger partial charge < -0.3 is 9.80 Å². The van der Waals surface area contributed by atoms with Crippen LogP contribution in [0.1, 0.15) is 143 Å². The topological polar surface area (TPSA) is 6.48 Å². The molecule has 0 atom stereocenters. The van der Waals surface area contributed by atoms with Gasteiger partial charge in [-0.05, 0) is 139 Å². The van der Waals surface area contributed by atoms with Crippen LogP contribution < -0.4 is 9.80 Å². The fourth-order valence-corrected chi connectivity index (χ4v) is 9.47. The molecule has 0 spiro atoms. The lowest BCUT2D eigenvalue weighted by molar-refractivity contribution is 0.443. The van der Waals surface area contributed by atoms with E-state index in [9.17, 15) is 0 Å². The molecule has 2 saturated carbocycles. The van der Waals surface area contributed by atoms with Crippen LogP contribution in [-0.2, 0) is 0 Å². The molecule has 0 amide bonds. The highest BCUT2D eigenvalue weighted by atomic mass is 15.2. The van der Waals surface area contributed by atoms with E-state index in [1.807, 2.05) is 0 Å². The van der Waals surface area contributed by atoms with Crippen LogP contribution in [0.15, 0.2) is 127 Å². The van der Waals surface area contributed by atoms with E-state index in [1.165, 1.54) is 137 Å². The van der Waals surface area contributed by atoms with E-state index in [0.29, 0.717) is 23.7 Å². The molecule has 6 aromatic carbocycles. The van der Waals surface area contributed by atoms with Crippen molar-refractivity contribution in [3.05, 3.63) is 155 Å². The fraction of sp³-hybridized carbons (Fsp3) is 0.358. The van der Waals surface area contributed by atoms with Gasteiger partial charge in [-0.3, -0.25) is 0 Å². The van der Waals surface area contributed by atoms with Crippen molar-refractivity contribution in [3.8, 4) is 0 Å². The monoisotopic (exact) mass is 724 g/mol. The lowest BCUT2D eigenvalue weighted by Crippen LogP contribution is -2.15. The number of nitrogens with zero attached hydrogens (tertiary/aromatic N) is 2. The number of anilines is 6. The molecule has 2 aliphatic rings. The molecule has 8 rings (SSSR count). The highest BCUT2D eigenvalue weighted by Crippen LogP contribution is 2.48. The molecule has 2 aliphatic carbocycles. The Morgan fingerprint density at radius 1 is 0.436 bits per heavy atom. The molecular formula is C53H60N2. The van der Waals surface area contributed by atoms with Gasteiger partial charge in [-0.25, -0.2) is 0 Å². The van der Waals surface area contributed by atoms with E-state index < -0.39 is 0 Å². The second-order valence-corrected chi connectivity index (χ2v) is 17.1. The van der Waals surface area contributed by atoms with Crippen molar-refractivity contribution in [1.29, 1.82) is 0 Å². The zero-order chi connectivity index (χ0) is 37.9. The van der Waals surface area contributed by atoms with E-state index in [1.54, 1.807) is 0 Å². The van der Waals surface area contributed by atoms with Crippen molar-refractivity contribution in [2.45, 2.75) is 122 Å². The van der Waals surface area contributed by atoms with E-state index in [0.717, 1.165) is 0 Å². The van der Waals surface area contributed by atoms with Crippen LogP contribution in [0.3, 0.4) is 0 Å². The Hall–Kier alpha value is -4.82. The second kappa shape index (κ2) is 16.5. The molecule has 0 saturated heterocycles. The van der Waals surface area contributed by atoms with Crippen LogP contribution in [0, 0.1) is 6.92 Å². The Kier molecular flexibility index (Phi) is 11.1. The van der Waals surface area contributed by atoms with E-state index in [2.05, 4.69) is 172 Å². The molecule has 55 heavy (non-hydrogen) atoms. The average molecular weight is 725 g/mol. The summed E-state index contributed by atoms with van der Waals surface area (Å²) in [6, 6.07) is 49.2. The number of benzene rings is 6. The summed E-state index contributed by atoms with van der Waals surface area (Å²) in [7, 11) is 0. The molecule has 2 nitrogen and oxygen atoms in total. The van der Waals surface area contributed by atoms with Crippen LogP contribution in [0.25, 0.3) is 10.8 Å². The lowest BCUT2D eigenvalue weighted by atomic mass is 9.84. The number of hydrogen-bond acceptors (Lipinski definition) is 2. The van der Waals surface area contributed by atoms with Gasteiger partial charge in [0.15, 0.2) is 0 Å². The number of fused-ring (bicyclic) bond motifs is 1. The molecule has 6 aromatic rings. The third-order valence-electron chi connectivity index (χ3n) is 12.7. The molecule has 0 bridgehead atoms. The summed E-state index contributed by atoms with van der Waals surface area (Å²) in [6.07, 6.45) is 13.4. The molecule has 282 valence electrons. The summed E-state index contributed by atoms with van der Waals surface area (Å²) in [5.41, 5.74) is 14.2. The predicted octanol–water partition coefficient (Wildman–Crippen LogP) is 16.4. The number of aryl methyl sites for hydroxylation is 1. The second-order valence-electron chi connectivity index (χ2n) is 17.1. The smallest absolute Gasteiger partial charge is 0.0570 e. The maximum absolute atomic E-state index is 2.51. The average Bonchev–Trinajstić information content (AvgIpc) is 3.23. The summed E-state index contributed by atoms with van der Waals surface area (Å²) in [5, 5.41) is 2.50. The van der Waals surface area contributed by atoms with Crippen LogP contribution in [-0.4, -0.2) is 0 Å². The first-order valence-corrected chi connectivity index (χ1v) is 21.4. The molecular weight excluding hydrogens is 665 g/mol. The third kappa shape index (κ3) is 7.84.